The molecule has 1 unspecified atom stereocenters. The highest BCUT2D eigenvalue weighted by Crippen LogP contribution is 2.35. The van der Waals surface area contributed by atoms with Gasteiger partial charge >= 0.3 is 12.5 Å². The molecule has 0 saturated carbocycles. The molecule has 0 aliphatic carbocycles. The second-order valence-electron chi connectivity index (χ2n) is 6.78. The molecule has 0 bridgehead atoms. The number of halogens is 4. The summed E-state index contributed by atoms with van der Waals surface area (Å²) in [6.45, 7) is 2.67. The number of hydrogen-bond donors (Lipinski definition) is 1. The fourth-order valence-electron chi connectivity index (χ4n) is 3.40. The van der Waals surface area contributed by atoms with E-state index in [0.29, 0.717) is 32.4 Å². The number of piperidine rings is 1. The number of hydrogen-bond acceptors (Lipinski definition) is 4. The maximum absolute atomic E-state index is 14.5. The topological polar surface area (TPSA) is 67.9 Å². The lowest BCUT2D eigenvalue weighted by Gasteiger charge is -2.34. The fraction of sp³-hybridized carbons (Fsp3) is 0.579. The van der Waals surface area contributed by atoms with E-state index >= 15 is 0 Å². The molecular formula is C19H24F4N2O4. The van der Waals surface area contributed by atoms with Gasteiger partial charge in [0.1, 0.15) is 0 Å². The Morgan fingerprint density at radius 1 is 1.28 bits per heavy atom. The van der Waals surface area contributed by atoms with E-state index in [1.165, 1.54) is 19.2 Å². The minimum Gasteiger partial charge on any atom is -0.453 e. The van der Waals surface area contributed by atoms with Gasteiger partial charge in [0.25, 0.3) is 0 Å². The standard InChI is InChI=1S/C19H24F4N2O4/c1-3-12(11-24-18(27)28-2)17(26)25-9-7-13(8-10-25)14-5-4-6-15(16(14)20)29-19(21,22)23/h4-6,12-13H,3,7-11H2,1-2H3,(H,24,27). The van der Waals surface area contributed by atoms with Crippen LogP contribution in [0.5, 0.6) is 5.75 Å². The number of amides is 2. The Hall–Kier alpha value is -2.52. The number of methoxy groups -OCH3 is 1. The van der Waals surface area contributed by atoms with Gasteiger partial charge in [0.2, 0.25) is 5.91 Å². The number of nitrogens with zero attached hydrogens (tertiary/aromatic N) is 1. The summed E-state index contributed by atoms with van der Waals surface area (Å²) in [5.74, 6) is -2.73. The maximum atomic E-state index is 14.5. The molecule has 0 aromatic heterocycles. The summed E-state index contributed by atoms with van der Waals surface area (Å²) in [6, 6.07) is 3.70. The van der Waals surface area contributed by atoms with Gasteiger partial charge in [-0.1, -0.05) is 19.1 Å². The van der Waals surface area contributed by atoms with Crippen molar-refractivity contribution in [3.8, 4) is 5.75 Å². The largest absolute Gasteiger partial charge is 0.573 e. The monoisotopic (exact) mass is 420 g/mol. The molecule has 1 aromatic rings. The van der Waals surface area contributed by atoms with Gasteiger partial charge in [0.05, 0.1) is 13.0 Å². The predicted molar refractivity (Wildman–Crippen MR) is 95.8 cm³/mol. The first-order chi connectivity index (χ1) is 13.7. The summed E-state index contributed by atoms with van der Waals surface area (Å²) in [4.78, 5) is 25.5. The van der Waals surface area contributed by atoms with Crippen molar-refractivity contribution in [1.29, 1.82) is 0 Å². The zero-order valence-corrected chi connectivity index (χ0v) is 16.2. The van der Waals surface area contributed by atoms with Crippen LogP contribution in [-0.2, 0) is 9.53 Å². The van der Waals surface area contributed by atoms with Crippen LogP contribution >= 0.6 is 0 Å². The van der Waals surface area contributed by atoms with Crippen LogP contribution in [0.1, 0.15) is 37.7 Å². The summed E-state index contributed by atoms with van der Waals surface area (Å²) in [7, 11) is 1.23. The molecule has 2 rings (SSSR count). The van der Waals surface area contributed by atoms with Crippen molar-refractivity contribution >= 4 is 12.0 Å². The summed E-state index contributed by atoms with van der Waals surface area (Å²) in [5.41, 5.74) is 0.151. The lowest BCUT2D eigenvalue weighted by atomic mass is 9.88. The molecule has 6 nitrogen and oxygen atoms in total. The highest BCUT2D eigenvalue weighted by molar-refractivity contribution is 5.80. The van der Waals surface area contributed by atoms with Crippen molar-refractivity contribution in [2.45, 2.75) is 38.5 Å². The number of likely N-dealkylation sites (tertiary alicyclic amines) is 1. The molecule has 1 aliphatic rings. The van der Waals surface area contributed by atoms with Gasteiger partial charge in [-0.25, -0.2) is 9.18 Å². The summed E-state index contributed by atoms with van der Waals surface area (Å²) in [5, 5.41) is 2.51. The van der Waals surface area contributed by atoms with Crippen LogP contribution in [0.4, 0.5) is 22.4 Å². The number of nitrogens with one attached hydrogen (secondary N) is 1. The molecule has 2 amide bonds. The quantitative estimate of drug-likeness (QED) is 0.711. The SMILES string of the molecule is CCC(CNC(=O)OC)C(=O)N1CCC(c2cccc(OC(F)(F)F)c2F)CC1. The molecule has 162 valence electrons. The van der Waals surface area contributed by atoms with Crippen LogP contribution in [0.25, 0.3) is 0 Å². The first kappa shape index (κ1) is 22.8. The molecule has 1 aromatic carbocycles. The number of alkyl halides is 3. The fourth-order valence-corrected chi connectivity index (χ4v) is 3.40. The van der Waals surface area contributed by atoms with E-state index in [0.717, 1.165) is 6.07 Å². The van der Waals surface area contributed by atoms with Crippen LogP contribution in [0, 0.1) is 11.7 Å². The van der Waals surface area contributed by atoms with E-state index < -0.39 is 29.9 Å². The Bertz CT molecular complexity index is 719. The van der Waals surface area contributed by atoms with Gasteiger partial charge in [-0.2, -0.15) is 0 Å². The van der Waals surface area contributed by atoms with Crippen LogP contribution in [-0.4, -0.2) is 50.0 Å². The van der Waals surface area contributed by atoms with Gasteiger partial charge in [-0.05, 0) is 36.8 Å². The van der Waals surface area contributed by atoms with E-state index in [-0.39, 0.29) is 23.9 Å². The molecular weight excluding hydrogens is 396 g/mol. The van der Waals surface area contributed by atoms with Crippen LogP contribution in [0.2, 0.25) is 0 Å². The van der Waals surface area contributed by atoms with Gasteiger partial charge in [-0.3, -0.25) is 4.79 Å². The minimum atomic E-state index is -4.97. The zero-order chi connectivity index (χ0) is 21.6. The molecule has 0 radical (unpaired) electrons. The molecule has 1 atom stereocenters. The summed E-state index contributed by atoms with van der Waals surface area (Å²) < 4.78 is 60.0. The molecule has 1 aliphatic heterocycles. The molecule has 0 spiro atoms. The highest BCUT2D eigenvalue weighted by atomic mass is 19.4. The van der Waals surface area contributed by atoms with Crippen molar-refractivity contribution in [3.05, 3.63) is 29.6 Å². The molecule has 1 N–H and O–H groups in total. The molecule has 10 heteroatoms. The average molecular weight is 420 g/mol. The Morgan fingerprint density at radius 2 is 1.93 bits per heavy atom. The minimum absolute atomic E-state index is 0.128. The Balaban J connectivity index is 1.99. The third kappa shape index (κ3) is 6.23. The van der Waals surface area contributed by atoms with Crippen molar-refractivity contribution < 1.29 is 36.6 Å². The number of carbonyl (C=O) groups is 2. The normalized spacial score (nSPS) is 16.3. The van der Waals surface area contributed by atoms with Gasteiger partial charge in [0, 0.05) is 19.6 Å². The Kier molecular flexibility index (Phi) is 7.69. The number of benzene rings is 1. The van der Waals surface area contributed by atoms with Crippen molar-refractivity contribution in [2.24, 2.45) is 5.92 Å². The third-order valence-corrected chi connectivity index (χ3v) is 4.99. The van der Waals surface area contributed by atoms with Gasteiger partial charge in [-0.15, -0.1) is 13.2 Å². The van der Waals surface area contributed by atoms with Crippen LogP contribution in [0.3, 0.4) is 0 Å². The maximum Gasteiger partial charge on any atom is 0.573 e. The smallest absolute Gasteiger partial charge is 0.453 e. The van der Waals surface area contributed by atoms with Crippen LogP contribution in [0.15, 0.2) is 18.2 Å². The predicted octanol–water partition coefficient (Wildman–Crippen LogP) is 3.81. The van der Waals surface area contributed by atoms with E-state index in [9.17, 15) is 27.2 Å². The summed E-state index contributed by atoms with van der Waals surface area (Å²) in [6.07, 6.45) is -4.24. The lowest BCUT2D eigenvalue weighted by Crippen LogP contribution is -2.44. The van der Waals surface area contributed by atoms with E-state index in [1.54, 1.807) is 4.90 Å². The molecule has 1 fully saturated rings. The Labute approximate surface area is 166 Å². The Morgan fingerprint density at radius 3 is 2.48 bits per heavy atom. The third-order valence-electron chi connectivity index (χ3n) is 4.99. The number of carbonyl (C=O) groups excluding carboxylic acids is 2. The first-order valence-electron chi connectivity index (χ1n) is 9.31. The average Bonchev–Trinajstić information content (AvgIpc) is 2.68. The van der Waals surface area contributed by atoms with E-state index in [1.807, 2.05) is 6.92 Å². The van der Waals surface area contributed by atoms with Crippen molar-refractivity contribution in [1.82, 2.24) is 10.2 Å². The highest BCUT2D eigenvalue weighted by Gasteiger charge is 2.34. The van der Waals surface area contributed by atoms with Crippen LogP contribution < -0.4 is 10.1 Å². The first-order valence-corrected chi connectivity index (χ1v) is 9.31. The molecule has 1 heterocycles. The molecule has 29 heavy (non-hydrogen) atoms. The summed E-state index contributed by atoms with van der Waals surface area (Å²) >= 11 is 0. The van der Waals surface area contributed by atoms with E-state index in [2.05, 4.69) is 14.8 Å². The van der Waals surface area contributed by atoms with Gasteiger partial charge in [0.15, 0.2) is 11.6 Å². The number of ether oxygens (including phenoxy) is 2. The van der Waals surface area contributed by atoms with Crippen molar-refractivity contribution in [3.63, 3.8) is 0 Å². The zero-order valence-electron chi connectivity index (χ0n) is 16.2. The second kappa shape index (κ2) is 9.80. The van der Waals surface area contributed by atoms with Crippen molar-refractivity contribution in [2.75, 3.05) is 26.7 Å². The van der Waals surface area contributed by atoms with Gasteiger partial charge < -0.3 is 19.7 Å². The lowest BCUT2D eigenvalue weighted by molar-refractivity contribution is -0.275. The second-order valence-corrected chi connectivity index (χ2v) is 6.78. The number of rotatable bonds is 6. The molecule has 1 saturated heterocycles. The number of alkyl carbamates (subject to hydrolysis) is 1. The van der Waals surface area contributed by atoms with E-state index in [4.69, 9.17) is 0 Å².